The number of piperidine rings is 1. The molecule has 10 nitrogen and oxygen atoms in total. The van der Waals surface area contributed by atoms with Gasteiger partial charge in [0.1, 0.15) is 0 Å². The average molecular weight is 689 g/mol. The SMILES string of the molecule is CCCCCCCCNCCC[C@@H](C)C1CCN2C3C(CC(OCCCN=C(N)N)[C@]12C)[C@@]1(C)CCCCC1C[C@H]3OCCCN=C(N)N. The number of rotatable bonds is 22. The van der Waals surface area contributed by atoms with Gasteiger partial charge in [-0.25, -0.2) is 0 Å². The van der Waals surface area contributed by atoms with Crippen molar-refractivity contribution < 1.29 is 9.47 Å². The van der Waals surface area contributed by atoms with Crippen molar-refractivity contribution in [3.05, 3.63) is 0 Å². The zero-order chi connectivity index (χ0) is 35.3. The molecule has 0 amide bonds. The van der Waals surface area contributed by atoms with Gasteiger partial charge in [-0.3, -0.25) is 14.9 Å². The van der Waals surface area contributed by atoms with Crippen LogP contribution < -0.4 is 28.3 Å². The smallest absolute Gasteiger partial charge is 0.185 e. The molecule has 2 heterocycles. The number of nitrogens with zero attached hydrogens (tertiary/aromatic N) is 3. The molecular formula is C39H76N8O2. The van der Waals surface area contributed by atoms with Crippen molar-refractivity contribution in [1.29, 1.82) is 0 Å². The van der Waals surface area contributed by atoms with Gasteiger partial charge in [0.15, 0.2) is 11.9 Å². The molecule has 2 aliphatic carbocycles. The Morgan fingerprint density at radius 2 is 1.51 bits per heavy atom. The van der Waals surface area contributed by atoms with Gasteiger partial charge in [-0.1, -0.05) is 65.7 Å². The maximum atomic E-state index is 7.03. The van der Waals surface area contributed by atoms with Crippen LogP contribution in [0.15, 0.2) is 9.98 Å². The molecule has 0 radical (unpaired) electrons. The van der Waals surface area contributed by atoms with E-state index in [0.29, 0.717) is 61.4 Å². The van der Waals surface area contributed by atoms with Gasteiger partial charge in [-0.15, -0.1) is 0 Å². The van der Waals surface area contributed by atoms with Crippen molar-refractivity contribution in [2.24, 2.45) is 62.0 Å². The first-order valence-corrected chi connectivity index (χ1v) is 20.4. The number of guanidine groups is 2. The number of aliphatic imine (C=N–C) groups is 2. The van der Waals surface area contributed by atoms with Crippen molar-refractivity contribution >= 4 is 11.9 Å². The number of nitrogens with one attached hydrogen (secondary N) is 1. The van der Waals surface area contributed by atoms with E-state index in [1.54, 1.807) is 0 Å². The summed E-state index contributed by atoms with van der Waals surface area (Å²) in [5.74, 6) is 2.81. The van der Waals surface area contributed by atoms with E-state index in [1.807, 2.05) is 0 Å². The van der Waals surface area contributed by atoms with Gasteiger partial charge in [0.05, 0.1) is 12.2 Å². The summed E-state index contributed by atoms with van der Waals surface area (Å²) in [5.41, 5.74) is 22.8. The Balaban J connectivity index is 1.47. The van der Waals surface area contributed by atoms with E-state index in [-0.39, 0.29) is 29.7 Å². The molecule has 9 N–H and O–H groups in total. The van der Waals surface area contributed by atoms with Crippen molar-refractivity contribution in [3.8, 4) is 0 Å². The molecule has 2 aliphatic heterocycles. The van der Waals surface area contributed by atoms with Gasteiger partial charge in [-0.2, -0.15) is 0 Å². The Kier molecular flexibility index (Phi) is 16.3. The lowest BCUT2D eigenvalue weighted by atomic mass is 9.50. The predicted octanol–water partition coefficient (Wildman–Crippen LogP) is 5.52. The van der Waals surface area contributed by atoms with Gasteiger partial charge >= 0.3 is 0 Å². The van der Waals surface area contributed by atoms with Gasteiger partial charge in [0.25, 0.3) is 0 Å². The summed E-state index contributed by atoms with van der Waals surface area (Å²) in [6.07, 6.45) is 21.6. The summed E-state index contributed by atoms with van der Waals surface area (Å²) in [6, 6.07) is 0.421. The normalized spacial score (nSPS) is 33.3. The van der Waals surface area contributed by atoms with Crippen LogP contribution in [0.4, 0.5) is 0 Å². The van der Waals surface area contributed by atoms with E-state index in [4.69, 9.17) is 32.4 Å². The number of hydrogen-bond donors (Lipinski definition) is 5. The standard InChI is InChI=1S/C39H76N8O2/c1-5-6-7-8-9-12-20-44-21-13-16-29(2)31-18-24-47-35-32(28-34(39(31,47)4)49-26-15-23-46-37(42)43)38(3)19-11-10-17-30(38)27-33(35)48-25-14-22-45-36(40)41/h29-35,44H,5-28H2,1-4H3,(H4,40,41,45)(H4,42,43,46)/t29-,30?,31?,32?,33-,34?,35?,38+,39+/m1/s1. The number of hydrogen-bond acceptors (Lipinski definition) is 6. The van der Waals surface area contributed by atoms with Crippen LogP contribution in [0.2, 0.25) is 0 Å². The minimum Gasteiger partial charge on any atom is -0.376 e. The maximum absolute atomic E-state index is 7.03. The highest BCUT2D eigenvalue weighted by Gasteiger charge is 2.65. The Bertz CT molecular complexity index is 1020. The van der Waals surface area contributed by atoms with Crippen LogP contribution in [0.25, 0.3) is 0 Å². The predicted molar refractivity (Wildman–Crippen MR) is 205 cm³/mol. The van der Waals surface area contributed by atoms with Crippen molar-refractivity contribution in [3.63, 3.8) is 0 Å². The summed E-state index contributed by atoms with van der Waals surface area (Å²) < 4.78 is 13.9. The summed E-state index contributed by atoms with van der Waals surface area (Å²) in [5, 5.41) is 3.75. The van der Waals surface area contributed by atoms with Crippen LogP contribution in [0.5, 0.6) is 0 Å². The fourth-order valence-corrected chi connectivity index (χ4v) is 10.8. The first-order chi connectivity index (χ1) is 23.6. The van der Waals surface area contributed by atoms with E-state index in [0.717, 1.165) is 38.9 Å². The summed E-state index contributed by atoms with van der Waals surface area (Å²) in [6.45, 7) is 16.0. The van der Waals surface area contributed by atoms with Crippen LogP contribution in [-0.2, 0) is 9.47 Å². The molecule has 2 saturated heterocycles. The first kappa shape index (κ1) is 40.2. The van der Waals surface area contributed by atoms with Crippen molar-refractivity contribution in [2.45, 2.75) is 161 Å². The third kappa shape index (κ3) is 10.5. The number of nitrogens with two attached hydrogens (primary N) is 4. The number of ether oxygens (including phenoxy) is 2. The van der Waals surface area contributed by atoms with Gasteiger partial charge in [0.2, 0.25) is 0 Å². The molecule has 10 heteroatoms. The quantitative estimate of drug-likeness (QED) is 0.0564. The van der Waals surface area contributed by atoms with E-state index < -0.39 is 0 Å². The fourth-order valence-electron chi connectivity index (χ4n) is 10.8. The fraction of sp³-hybridized carbons (Fsp3) is 0.949. The zero-order valence-corrected chi connectivity index (χ0v) is 32.0. The highest BCUT2D eigenvalue weighted by Crippen LogP contribution is 2.62. The van der Waals surface area contributed by atoms with Crippen LogP contribution in [0.3, 0.4) is 0 Å². The van der Waals surface area contributed by atoms with Crippen LogP contribution in [0, 0.1) is 29.1 Å². The maximum Gasteiger partial charge on any atom is 0.185 e. The van der Waals surface area contributed by atoms with Gasteiger partial charge in [0, 0.05) is 37.9 Å². The molecular weight excluding hydrogens is 612 g/mol. The van der Waals surface area contributed by atoms with E-state index in [2.05, 4.69) is 47.9 Å². The Morgan fingerprint density at radius 3 is 2.22 bits per heavy atom. The Labute approximate surface area is 299 Å². The second kappa shape index (κ2) is 19.8. The van der Waals surface area contributed by atoms with E-state index in [1.165, 1.54) is 89.9 Å². The molecule has 4 rings (SSSR count). The zero-order valence-electron chi connectivity index (χ0n) is 32.0. The number of fused-ring (bicyclic) bond motifs is 5. The highest BCUT2D eigenvalue weighted by atomic mass is 16.5. The first-order valence-electron chi connectivity index (χ1n) is 20.4. The molecule has 2 saturated carbocycles. The molecule has 4 aliphatic rings. The lowest BCUT2D eigenvalue weighted by molar-refractivity contribution is -0.218. The summed E-state index contributed by atoms with van der Waals surface area (Å²) in [7, 11) is 0. The van der Waals surface area contributed by atoms with Gasteiger partial charge in [-0.05, 0) is 120 Å². The van der Waals surface area contributed by atoms with E-state index in [9.17, 15) is 0 Å². The van der Waals surface area contributed by atoms with Crippen LogP contribution >= 0.6 is 0 Å². The monoisotopic (exact) mass is 689 g/mol. The molecule has 284 valence electrons. The van der Waals surface area contributed by atoms with Crippen LogP contribution in [0.1, 0.15) is 137 Å². The topological polar surface area (TPSA) is 163 Å². The largest absolute Gasteiger partial charge is 0.376 e. The van der Waals surface area contributed by atoms with Crippen LogP contribution in [-0.4, -0.2) is 86.5 Å². The molecule has 49 heavy (non-hydrogen) atoms. The third-order valence-corrected chi connectivity index (χ3v) is 13.4. The second-order valence-electron chi connectivity index (χ2n) is 16.6. The molecule has 4 fully saturated rings. The lowest BCUT2D eigenvalue weighted by Crippen LogP contribution is -2.72. The number of unbranched alkanes of at least 4 members (excludes halogenated alkanes) is 5. The molecule has 9 atom stereocenters. The second-order valence-corrected chi connectivity index (χ2v) is 16.6. The lowest BCUT2D eigenvalue weighted by Gasteiger charge is -2.65. The summed E-state index contributed by atoms with van der Waals surface area (Å²) >= 11 is 0. The average Bonchev–Trinajstić information content (AvgIpc) is 3.43. The minimum absolute atomic E-state index is 0.0274. The minimum atomic E-state index is -0.0274. The van der Waals surface area contributed by atoms with Crippen molar-refractivity contribution in [2.75, 3.05) is 45.9 Å². The van der Waals surface area contributed by atoms with Gasteiger partial charge < -0.3 is 37.7 Å². The third-order valence-electron chi connectivity index (χ3n) is 13.4. The van der Waals surface area contributed by atoms with Crippen molar-refractivity contribution in [1.82, 2.24) is 10.2 Å². The van der Waals surface area contributed by atoms with E-state index >= 15 is 0 Å². The Hall–Kier alpha value is -1.62. The summed E-state index contributed by atoms with van der Waals surface area (Å²) in [4.78, 5) is 11.4. The molecule has 0 aromatic carbocycles. The Morgan fingerprint density at radius 1 is 0.837 bits per heavy atom. The molecule has 0 bridgehead atoms. The molecule has 0 aromatic rings. The molecule has 5 unspecified atom stereocenters. The molecule has 0 aromatic heterocycles. The molecule has 0 spiro atoms. The highest BCUT2D eigenvalue weighted by molar-refractivity contribution is 5.75.